The van der Waals surface area contributed by atoms with Crippen molar-refractivity contribution in [2.24, 2.45) is 0 Å². The van der Waals surface area contributed by atoms with E-state index in [0.29, 0.717) is 16.3 Å². The van der Waals surface area contributed by atoms with Crippen LogP contribution in [-0.2, 0) is 10.0 Å². The van der Waals surface area contributed by atoms with Gasteiger partial charge in [-0.1, -0.05) is 33.6 Å². The van der Waals surface area contributed by atoms with Crippen LogP contribution in [0.25, 0.3) is 0 Å². The van der Waals surface area contributed by atoms with Gasteiger partial charge in [-0.15, -0.1) is 0 Å². The van der Waals surface area contributed by atoms with Gasteiger partial charge in [-0.25, -0.2) is 8.42 Å². The molecule has 4 nitrogen and oxygen atoms in total. The number of anilines is 2. The summed E-state index contributed by atoms with van der Waals surface area (Å²) < 4.78 is 28.4. The topological polar surface area (TPSA) is 72.2 Å². The zero-order chi connectivity index (χ0) is 15.8. The molecule has 2 rings (SSSR count). The van der Waals surface area contributed by atoms with Crippen LogP contribution < -0.4 is 10.5 Å². The van der Waals surface area contributed by atoms with E-state index < -0.39 is 10.0 Å². The molecule has 0 heterocycles. The van der Waals surface area contributed by atoms with E-state index in [9.17, 15) is 8.42 Å². The molecular formula is C14H14BrClN2O2S. The summed E-state index contributed by atoms with van der Waals surface area (Å²) in [5, 5.41) is 0.303. The number of halogens is 2. The predicted octanol–water partition coefficient (Wildman–Crippen LogP) is 4.10. The lowest BCUT2D eigenvalue weighted by atomic mass is 10.1. The predicted molar refractivity (Wildman–Crippen MR) is 90.3 cm³/mol. The van der Waals surface area contributed by atoms with Crippen LogP contribution in [0.15, 0.2) is 39.7 Å². The molecule has 7 heteroatoms. The van der Waals surface area contributed by atoms with Crippen molar-refractivity contribution in [2.45, 2.75) is 18.7 Å². The minimum Gasteiger partial charge on any atom is -0.398 e. The molecule has 0 amide bonds. The smallest absolute Gasteiger partial charge is 0.264 e. The highest BCUT2D eigenvalue weighted by Gasteiger charge is 2.22. The van der Waals surface area contributed by atoms with Gasteiger partial charge in [-0.05, 0) is 49.2 Å². The Labute approximate surface area is 137 Å². The molecule has 0 saturated heterocycles. The number of nitrogens with two attached hydrogens (primary N) is 1. The zero-order valence-electron chi connectivity index (χ0n) is 11.4. The third-order valence-electron chi connectivity index (χ3n) is 3.15. The molecular weight excluding hydrogens is 376 g/mol. The minimum atomic E-state index is -3.81. The van der Waals surface area contributed by atoms with E-state index >= 15 is 0 Å². The largest absolute Gasteiger partial charge is 0.398 e. The van der Waals surface area contributed by atoms with E-state index in [1.807, 2.05) is 6.92 Å². The molecule has 0 radical (unpaired) electrons. The summed E-state index contributed by atoms with van der Waals surface area (Å²) in [5.41, 5.74) is 7.82. The summed E-state index contributed by atoms with van der Waals surface area (Å²) in [6.07, 6.45) is 0. The van der Waals surface area contributed by atoms with Gasteiger partial charge in [-0.2, -0.15) is 0 Å². The molecule has 0 aliphatic rings. The molecule has 21 heavy (non-hydrogen) atoms. The van der Waals surface area contributed by atoms with E-state index in [1.54, 1.807) is 37.3 Å². The second-order valence-electron chi connectivity index (χ2n) is 4.66. The lowest BCUT2D eigenvalue weighted by molar-refractivity contribution is 0.601. The van der Waals surface area contributed by atoms with Gasteiger partial charge >= 0.3 is 0 Å². The van der Waals surface area contributed by atoms with Crippen LogP contribution in [-0.4, -0.2) is 8.42 Å². The van der Waals surface area contributed by atoms with Crippen LogP contribution in [0.2, 0.25) is 5.02 Å². The van der Waals surface area contributed by atoms with Crippen molar-refractivity contribution in [1.82, 2.24) is 0 Å². The number of rotatable bonds is 3. The van der Waals surface area contributed by atoms with Crippen LogP contribution >= 0.6 is 27.5 Å². The normalized spacial score (nSPS) is 11.4. The Morgan fingerprint density at radius 2 is 1.86 bits per heavy atom. The first kappa shape index (κ1) is 16.1. The third kappa shape index (κ3) is 3.33. The van der Waals surface area contributed by atoms with E-state index in [0.717, 1.165) is 10.0 Å². The lowest BCUT2D eigenvalue weighted by Gasteiger charge is -2.15. The Morgan fingerprint density at radius 3 is 2.48 bits per heavy atom. The van der Waals surface area contributed by atoms with E-state index in [2.05, 4.69) is 20.7 Å². The molecule has 0 atom stereocenters. The number of aryl methyl sites for hydroxylation is 1. The molecule has 112 valence electrons. The maximum atomic E-state index is 12.6. The summed E-state index contributed by atoms with van der Waals surface area (Å²) in [5.74, 6) is 0. The summed E-state index contributed by atoms with van der Waals surface area (Å²) >= 11 is 9.32. The fourth-order valence-electron chi connectivity index (χ4n) is 1.94. The number of benzene rings is 2. The number of hydrogen-bond donors (Lipinski definition) is 2. The van der Waals surface area contributed by atoms with E-state index in [1.165, 1.54) is 0 Å². The number of nitrogen functional groups attached to an aromatic ring is 1. The molecule has 0 aliphatic carbocycles. The monoisotopic (exact) mass is 388 g/mol. The van der Waals surface area contributed by atoms with E-state index in [4.69, 9.17) is 17.3 Å². The first-order valence-corrected chi connectivity index (χ1v) is 8.71. The molecule has 0 saturated carbocycles. The first-order chi connectivity index (χ1) is 9.72. The Kier molecular flexibility index (Phi) is 4.51. The Bertz CT molecular complexity index is 807. The maximum Gasteiger partial charge on any atom is 0.264 e. The molecule has 0 unspecified atom stereocenters. The second kappa shape index (κ2) is 5.87. The highest BCUT2D eigenvalue weighted by molar-refractivity contribution is 9.10. The summed E-state index contributed by atoms with van der Waals surface area (Å²) in [4.78, 5) is 0.0847. The van der Waals surface area contributed by atoms with Crippen LogP contribution in [0.1, 0.15) is 11.1 Å². The number of hydrogen-bond acceptors (Lipinski definition) is 3. The highest BCUT2D eigenvalue weighted by atomic mass is 79.9. The quantitative estimate of drug-likeness (QED) is 0.776. The van der Waals surface area contributed by atoms with Crippen molar-refractivity contribution >= 4 is 48.9 Å². The molecule has 0 fully saturated rings. The van der Waals surface area contributed by atoms with Gasteiger partial charge in [0.05, 0.1) is 16.4 Å². The van der Waals surface area contributed by atoms with Gasteiger partial charge in [0.25, 0.3) is 10.0 Å². The average Bonchev–Trinajstić information content (AvgIpc) is 2.37. The highest BCUT2D eigenvalue weighted by Crippen LogP contribution is 2.31. The van der Waals surface area contributed by atoms with Crippen LogP contribution in [0.3, 0.4) is 0 Å². The van der Waals surface area contributed by atoms with Gasteiger partial charge in [0.15, 0.2) is 0 Å². The second-order valence-corrected chi connectivity index (χ2v) is 7.60. The minimum absolute atomic E-state index is 0.0847. The van der Waals surface area contributed by atoms with Crippen LogP contribution in [0.5, 0.6) is 0 Å². The SMILES string of the molecule is Cc1ccc(N)c(S(=O)(=O)Nc2ccc(Br)cc2Cl)c1C. The molecule has 0 spiro atoms. The standard InChI is InChI=1S/C14H14BrClN2O2S/c1-8-3-5-12(17)14(9(8)2)21(19,20)18-13-6-4-10(15)7-11(13)16/h3-7,18H,17H2,1-2H3. The Morgan fingerprint density at radius 1 is 1.19 bits per heavy atom. The van der Waals surface area contributed by atoms with Crippen molar-refractivity contribution in [1.29, 1.82) is 0 Å². The third-order valence-corrected chi connectivity index (χ3v) is 5.53. The van der Waals surface area contributed by atoms with Crippen molar-refractivity contribution < 1.29 is 8.42 Å². The van der Waals surface area contributed by atoms with Crippen LogP contribution in [0, 0.1) is 13.8 Å². The van der Waals surface area contributed by atoms with Gasteiger partial charge in [0.2, 0.25) is 0 Å². The summed E-state index contributed by atoms with van der Waals surface area (Å²) in [6, 6.07) is 8.28. The van der Waals surface area contributed by atoms with Crippen molar-refractivity contribution in [2.75, 3.05) is 10.5 Å². The summed E-state index contributed by atoms with van der Waals surface area (Å²) in [6.45, 7) is 3.56. The Hall–Kier alpha value is -1.24. The summed E-state index contributed by atoms with van der Waals surface area (Å²) in [7, 11) is -3.81. The number of sulfonamides is 1. The van der Waals surface area contributed by atoms with Gasteiger partial charge in [0.1, 0.15) is 4.90 Å². The van der Waals surface area contributed by atoms with Crippen molar-refractivity contribution in [3.63, 3.8) is 0 Å². The molecule has 0 aliphatic heterocycles. The lowest BCUT2D eigenvalue weighted by Crippen LogP contribution is -2.17. The van der Waals surface area contributed by atoms with Gasteiger partial charge in [-0.3, -0.25) is 4.72 Å². The van der Waals surface area contributed by atoms with Gasteiger partial charge in [0, 0.05) is 4.47 Å². The maximum absolute atomic E-state index is 12.6. The Balaban J connectivity index is 2.51. The number of nitrogens with one attached hydrogen (secondary N) is 1. The van der Waals surface area contributed by atoms with Gasteiger partial charge < -0.3 is 5.73 Å². The van der Waals surface area contributed by atoms with Crippen molar-refractivity contribution in [3.05, 3.63) is 51.0 Å². The molecule has 3 N–H and O–H groups in total. The molecule has 0 aromatic heterocycles. The van der Waals surface area contributed by atoms with Crippen LogP contribution in [0.4, 0.5) is 11.4 Å². The average molecular weight is 390 g/mol. The molecule has 0 bridgehead atoms. The first-order valence-electron chi connectivity index (χ1n) is 6.06. The molecule has 2 aromatic rings. The van der Waals surface area contributed by atoms with E-state index in [-0.39, 0.29) is 10.6 Å². The fourth-order valence-corrected chi connectivity index (χ4v) is 4.22. The molecule has 2 aromatic carbocycles. The van der Waals surface area contributed by atoms with Crippen molar-refractivity contribution in [3.8, 4) is 0 Å². The fraction of sp³-hybridized carbons (Fsp3) is 0.143. The zero-order valence-corrected chi connectivity index (χ0v) is 14.6.